The van der Waals surface area contributed by atoms with Crippen molar-refractivity contribution in [3.05, 3.63) is 45.9 Å². The number of hydrogen-bond acceptors (Lipinski definition) is 5. The Kier molecular flexibility index (Phi) is 5.10. The molecule has 0 bridgehead atoms. The van der Waals surface area contributed by atoms with Crippen LogP contribution in [0.4, 0.5) is 0 Å². The van der Waals surface area contributed by atoms with Crippen molar-refractivity contribution in [2.75, 3.05) is 0 Å². The molecule has 0 amide bonds. The summed E-state index contributed by atoms with van der Waals surface area (Å²) in [5.74, 6) is 0. The highest BCUT2D eigenvalue weighted by atomic mass is 32.2. The van der Waals surface area contributed by atoms with E-state index < -0.39 is 10.0 Å². The van der Waals surface area contributed by atoms with Crippen LogP contribution in [0, 0.1) is 6.92 Å². The Hall–Kier alpha value is -1.28. The summed E-state index contributed by atoms with van der Waals surface area (Å²) in [5, 5.41) is 2.61. The number of rotatable bonds is 6. The van der Waals surface area contributed by atoms with E-state index in [1.807, 2.05) is 18.4 Å². The van der Waals surface area contributed by atoms with Gasteiger partial charge in [0.2, 0.25) is 10.0 Å². The van der Waals surface area contributed by atoms with Gasteiger partial charge >= 0.3 is 0 Å². The molecule has 114 valence electrons. The Labute approximate surface area is 129 Å². The van der Waals surface area contributed by atoms with E-state index in [0.717, 1.165) is 10.6 Å². The smallest absolute Gasteiger partial charge is 0.241 e. The maximum atomic E-state index is 12.6. The fourth-order valence-corrected chi connectivity index (χ4v) is 4.45. The number of aromatic nitrogens is 1. The molecule has 1 aromatic heterocycles. The van der Waals surface area contributed by atoms with Crippen LogP contribution in [0.2, 0.25) is 0 Å². The lowest BCUT2D eigenvalue weighted by Gasteiger charge is -2.16. The lowest BCUT2D eigenvalue weighted by atomic mass is 10.1. The molecule has 21 heavy (non-hydrogen) atoms. The van der Waals surface area contributed by atoms with Gasteiger partial charge in [-0.2, -0.15) is 0 Å². The minimum Gasteiger partial charge on any atom is -0.326 e. The minimum absolute atomic E-state index is 0.278. The van der Waals surface area contributed by atoms with Crippen LogP contribution < -0.4 is 10.5 Å². The first kappa shape index (κ1) is 16.1. The molecule has 3 N–H and O–H groups in total. The molecule has 7 heteroatoms. The minimum atomic E-state index is -3.60. The summed E-state index contributed by atoms with van der Waals surface area (Å²) >= 11 is 1.45. The van der Waals surface area contributed by atoms with Crippen molar-refractivity contribution in [1.29, 1.82) is 0 Å². The third-order valence-electron chi connectivity index (χ3n) is 3.23. The number of sulfonamides is 1. The lowest BCUT2D eigenvalue weighted by Crippen LogP contribution is -2.29. The summed E-state index contributed by atoms with van der Waals surface area (Å²) in [6.07, 6.45) is 2.32. The van der Waals surface area contributed by atoms with Crippen LogP contribution in [0.5, 0.6) is 0 Å². The number of thiazole rings is 1. The van der Waals surface area contributed by atoms with Crippen LogP contribution in [-0.4, -0.2) is 13.4 Å². The van der Waals surface area contributed by atoms with E-state index in [9.17, 15) is 8.42 Å². The normalized spacial score (nSPS) is 13.3. The molecule has 1 unspecified atom stereocenters. The van der Waals surface area contributed by atoms with E-state index in [2.05, 4.69) is 9.71 Å². The molecular formula is C14H19N3O2S2. The molecule has 0 aliphatic heterocycles. The highest BCUT2D eigenvalue weighted by molar-refractivity contribution is 7.89. The third-order valence-corrected chi connectivity index (χ3v) is 5.74. The van der Waals surface area contributed by atoms with E-state index in [-0.39, 0.29) is 10.9 Å². The van der Waals surface area contributed by atoms with Crippen molar-refractivity contribution in [3.8, 4) is 0 Å². The molecule has 0 saturated heterocycles. The number of hydrogen-bond donors (Lipinski definition) is 2. The van der Waals surface area contributed by atoms with Gasteiger partial charge in [-0.25, -0.2) is 18.1 Å². The van der Waals surface area contributed by atoms with Gasteiger partial charge in [0.05, 0.1) is 10.9 Å². The fourth-order valence-electron chi connectivity index (χ4n) is 2.03. The fraction of sp³-hybridized carbons (Fsp3) is 0.357. The SMILES string of the molecule is CCC(NS(=O)(=O)c1cc(CN)ccc1C)c1nccs1. The molecule has 0 aliphatic carbocycles. The number of aryl methyl sites for hydroxylation is 1. The van der Waals surface area contributed by atoms with Crippen molar-refractivity contribution in [1.82, 2.24) is 9.71 Å². The predicted octanol–water partition coefficient (Wildman–Crippen LogP) is 2.34. The topological polar surface area (TPSA) is 85.1 Å². The van der Waals surface area contributed by atoms with Crippen LogP contribution in [-0.2, 0) is 16.6 Å². The average Bonchev–Trinajstić information content (AvgIpc) is 2.99. The highest BCUT2D eigenvalue weighted by Gasteiger charge is 2.23. The largest absolute Gasteiger partial charge is 0.326 e. The number of nitrogens with one attached hydrogen (secondary N) is 1. The van der Waals surface area contributed by atoms with Gasteiger partial charge in [0, 0.05) is 18.1 Å². The highest BCUT2D eigenvalue weighted by Crippen LogP contribution is 2.23. The molecule has 0 saturated carbocycles. The van der Waals surface area contributed by atoms with Gasteiger partial charge in [0.1, 0.15) is 5.01 Å². The second-order valence-corrected chi connectivity index (χ2v) is 7.36. The standard InChI is InChI=1S/C14H19N3O2S2/c1-3-12(14-16-6-7-20-14)17-21(18,19)13-8-11(9-15)5-4-10(13)2/h4-8,12,17H,3,9,15H2,1-2H3. The molecular weight excluding hydrogens is 306 g/mol. The molecule has 1 heterocycles. The van der Waals surface area contributed by atoms with Crippen LogP contribution in [0.1, 0.15) is 35.5 Å². The Morgan fingerprint density at radius 1 is 1.43 bits per heavy atom. The number of nitrogens with two attached hydrogens (primary N) is 1. The van der Waals surface area contributed by atoms with Crippen LogP contribution in [0.3, 0.4) is 0 Å². The van der Waals surface area contributed by atoms with Crippen LogP contribution in [0.15, 0.2) is 34.7 Å². The summed E-state index contributed by atoms with van der Waals surface area (Å²) in [5.41, 5.74) is 7.09. The first-order valence-corrected chi connectivity index (χ1v) is 9.05. The number of nitrogens with zero attached hydrogens (tertiary/aromatic N) is 1. The molecule has 0 aliphatic rings. The van der Waals surface area contributed by atoms with E-state index in [0.29, 0.717) is 18.5 Å². The van der Waals surface area contributed by atoms with Crippen molar-refractivity contribution >= 4 is 21.4 Å². The van der Waals surface area contributed by atoms with Gasteiger partial charge in [-0.1, -0.05) is 19.1 Å². The quantitative estimate of drug-likeness (QED) is 0.853. The van der Waals surface area contributed by atoms with Gasteiger partial charge < -0.3 is 5.73 Å². The molecule has 0 fully saturated rings. The van der Waals surface area contributed by atoms with Gasteiger partial charge in [-0.3, -0.25) is 0 Å². The zero-order chi connectivity index (χ0) is 15.5. The van der Waals surface area contributed by atoms with Crippen molar-refractivity contribution in [3.63, 3.8) is 0 Å². The van der Waals surface area contributed by atoms with Gasteiger partial charge in [-0.15, -0.1) is 11.3 Å². The molecule has 1 atom stereocenters. The molecule has 0 radical (unpaired) electrons. The maximum Gasteiger partial charge on any atom is 0.241 e. The van der Waals surface area contributed by atoms with Crippen molar-refractivity contribution < 1.29 is 8.42 Å². The van der Waals surface area contributed by atoms with Crippen molar-refractivity contribution in [2.45, 2.75) is 37.8 Å². The first-order chi connectivity index (χ1) is 9.97. The average molecular weight is 325 g/mol. The third kappa shape index (κ3) is 3.68. The summed E-state index contributed by atoms with van der Waals surface area (Å²) in [6, 6.07) is 4.94. The number of benzene rings is 1. The molecule has 0 spiro atoms. The van der Waals surface area contributed by atoms with Gasteiger partial charge in [0.25, 0.3) is 0 Å². The summed E-state index contributed by atoms with van der Waals surface area (Å²) in [4.78, 5) is 4.47. The molecule has 1 aromatic carbocycles. The zero-order valence-electron chi connectivity index (χ0n) is 12.0. The van der Waals surface area contributed by atoms with Crippen molar-refractivity contribution in [2.24, 2.45) is 5.73 Å². The predicted molar refractivity (Wildman–Crippen MR) is 84.5 cm³/mol. The summed E-state index contributed by atoms with van der Waals surface area (Å²) in [7, 11) is -3.60. The summed E-state index contributed by atoms with van der Waals surface area (Å²) in [6.45, 7) is 4.02. The molecule has 2 aromatic rings. The Morgan fingerprint density at radius 3 is 2.76 bits per heavy atom. The molecule has 5 nitrogen and oxygen atoms in total. The van der Waals surface area contributed by atoms with E-state index in [1.165, 1.54) is 11.3 Å². The molecule has 2 rings (SSSR count). The van der Waals surface area contributed by atoms with Gasteiger partial charge in [-0.05, 0) is 30.5 Å². The van der Waals surface area contributed by atoms with E-state index in [1.54, 1.807) is 25.3 Å². The van der Waals surface area contributed by atoms with Crippen LogP contribution >= 0.6 is 11.3 Å². The lowest BCUT2D eigenvalue weighted by molar-refractivity contribution is 0.548. The Bertz CT molecular complexity index is 697. The van der Waals surface area contributed by atoms with E-state index >= 15 is 0 Å². The van der Waals surface area contributed by atoms with E-state index in [4.69, 9.17) is 5.73 Å². The maximum absolute atomic E-state index is 12.6. The summed E-state index contributed by atoms with van der Waals surface area (Å²) < 4.78 is 28.0. The van der Waals surface area contributed by atoms with Crippen LogP contribution in [0.25, 0.3) is 0 Å². The van der Waals surface area contributed by atoms with Gasteiger partial charge in [0.15, 0.2) is 0 Å². The Balaban J connectivity index is 2.34. The monoisotopic (exact) mass is 325 g/mol. The second-order valence-electron chi connectivity index (χ2n) is 4.76. The zero-order valence-corrected chi connectivity index (χ0v) is 13.7. The second kappa shape index (κ2) is 6.65. The Morgan fingerprint density at radius 2 is 2.19 bits per heavy atom. The first-order valence-electron chi connectivity index (χ1n) is 6.69.